The van der Waals surface area contributed by atoms with Crippen LogP contribution >= 0.6 is 11.3 Å². The normalized spacial score (nSPS) is 15.1. The topological polar surface area (TPSA) is 63.8 Å². The molecular weight excluding hydrogens is 433 g/mol. The lowest BCUT2D eigenvalue weighted by Crippen LogP contribution is -2.20. The number of hydrogen-bond donors (Lipinski definition) is 2. The third kappa shape index (κ3) is 4.33. The molecule has 4 nitrogen and oxygen atoms in total. The van der Waals surface area contributed by atoms with Crippen molar-refractivity contribution in [2.75, 3.05) is 11.9 Å². The van der Waals surface area contributed by atoms with Crippen LogP contribution in [0.15, 0.2) is 60.9 Å². The Morgan fingerprint density at radius 3 is 2.56 bits per heavy atom. The van der Waals surface area contributed by atoms with Crippen molar-refractivity contribution in [1.82, 2.24) is 9.97 Å². The maximum atomic E-state index is 12.8. The van der Waals surface area contributed by atoms with Gasteiger partial charge in [-0.25, -0.2) is 4.98 Å². The first-order valence-electron chi connectivity index (χ1n) is 10.4. The molecule has 2 aromatic heterocycles. The first-order chi connectivity index (χ1) is 15.4. The molecule has 0 aliphatic heterocycles. The Labute approximate surface area is 187 Å². The third-order valence-corrected chi connectivity index (χ3v) is 6.74. The van der Waals surface area contributed by atoms with Crippen LogP contribution in [0.2, 0.25) is 0 Å². The number of nitrogens with one attached hydrogen (secondary N) is 1. The van der Waals surface area contributed by atoms with Gasteiger partial charge in [0.2, 0.25) is 0 Å². The molecule has 8 heteroatoms. The van der Waals surface area contributed by atoms with Crippen LogP contribution in [0.3, 0.4) is 0 Å². The van der Waals surface area contributed by atoms with Gasteiger partial charge in [0.1, 0.15) is 0 Å². The fraction of sp³-hybridized carbons (Fsp3) is 0.250. The molecule has 0 unspecified atom stereocenters. The molecule has 0 amide bonds. The lowest BCUT2D eigenvalue weighted by Gasteiger charge is -2.14. The number of rotatable bonds is 6. The molecule has 1 atom stereocenters. The van der Waals surface area contributed by atoms with Gasteiger partial charge >= 0.3 is 6.18 Å². The van der Waals surface area contributed by atoms with Crippen LogP contribution < -0.4 is 11.1 Å². The minimum atomic E-state index is -4.35. The highest BCUT2D eigenvalue weighted by atomic mass is 32.1. The van der Waals surface area contributed by atoms with Crippen molar-refractivity contribution in [3.8, 4) is 10.4 Å². The first-order valence-corrected chi connectivity index (χ1v) is 11.2. The van der Waals surface area contributed by atoms with Gasteiger partial charge in [0.15, 0.2) is 5.13 Å². The van der Waals surface area contributed by atoms with Gasteiger partial charge in [-0.15, -0.1) is 0 Å². The highest BCUT2D eigenvalue weighted by Gasteiger charge is 2.31. The van der Waals surface area contributed by atoms with Crippen molar-refractivity contribution in [3.63, 3.8) is 0 Å². The zero-order chi connectivity index (χ0) is 22.3. The van der Waals surface area contributed by atoms with Crippen molar-refractivity contribution in [2.45, 2.75) is 31.0 Å². The largest absolute Gasteiger partial charge is 0.416 e. The SMILES string of the molecule is N[C@H](CNc1nc(C2CC2)c(-c2ccc3cnccc3c2)s1)c1ccc(C(F)(F)F)cc1. The van der Waals surface area contributed by atoms with Gasteiger partial charge < -0.3 is 11.1 Å². The summed E-state index contributed by atoms with van der Waals surface area (Å²) < 4.78 is 38.3. The Balaban J connectivity index is 1.34. The van der Waals surface area contributed by atoms with Gasteiger partial charge in [0, 0.05) is 36.3 Å². The summed E-state index contributed by atoms with van der Waals surface area (Å²) in [6.07, 6.45) is 1.56. The van der Waals surface area contributed by atoms with Gasteiger partial charge in [-0.3, -0.25) is 4.98 Å². The standard InChI is InChI=1S/C24H21F3N4S/c25-24(26,27)19-7-5-14(6-8-19)20(28)13-30-23-31-21(15-1-2-15)22(32-23)17-3-4-18-12-29-10-9-16(18)11-17/h3-12,15,20H,1-2,13,28H2,(H,30,31)/t20-/m1/s1. The Morgan fingerprint density at radius 1 is 1.06 bits per heavy atom. The van der Waals surface area contributed by atoms with E-state index in [1.54, 1.807) is 17.5 Å². The van der Waals surface area contributed by atoms with E-state index >= 15 is 0 Å². The van der Waals surface area contributed by atoms with Crippen molar-refractivity contribution in [3.05, 3.63) is 77.7 Å². The Hall–Kier alpha value is -2.97. The van der Waals surface area contributed by atoms with E-state index in [2.05, 4.69) is 28.5 Å². The number of nitrogens with zero attached hydrogens (tertiary/aromatic N) is 2. The number of fused-ring (bicyclic) bond motifs is 1. The van der Waals surface area contributed by atoms with E-state index in [1.807, 2.05) is 12.3 Å². The number of anilines is 1. The minimum absolute atomic E-state index is 0.381. The van der Waals surface area contributed by atoms with E-state index < -0.39 is 17.8 Å². The number of thiazole rings is 1. The van der Waals surface area contributed by atoms with Crippen LogP contribution in [0.4, 0.5) is 18.3 Å². The fourth-order valence-corrected chi connectivity index (χ4v) is 4.76. The smallest absolute Gasteiger partial charge is 0.360 e. The van der Waals surface area contributed by atoms with E-state index in [0.29, 0.717) is 18.0 Å². The van der Waals surface area contributed by atoms with Gasteiger partial charge in [0.25, 0.3) is 0 Å². The molecular formula is C24H21F3N4S. The van der Waals surface area contributed by atoms with Crippen LogP contribution in [0.25, 0.3) is 21.2 Å². The molecule has 32 heavy (non-hydrogen) atoms. The van der Waals surface area contributed by atoms with E-state index in [4.69, 9.17) is 10.7 Å². The summed E-state index contributed by atoms with van der Waals surface area (Å²) in [5.41, 5.74) is 8.42. The number of halogens is 3. The van der Waals surface area contributed by atoms with Crippen LogP contribution in [0, 0.1) is 0 Å². The monoisotopic (exact) mass is 454 g/mol. The molecule has 1 saturated carbocycles. The molecule has 0 bridgehead atoms. The van der Waals surface area contributed by atoms with E-state index in [0.717, 1.165) is 57.0 Å². The Kier molecular flexibility index (Phi) is 5.35. The molecule has 164 valence electrons. The Morgan fingerprint density at radius 2 is 1.84 bits per heavy atom. The summed E-state index contributed by atoms with van der Waals surface area (Å²) in [5, 5.41) is 6.29. The molecule has 1 aliphatic carbocycles. The molecule has 0 radical (unpaired) electrons. The van der Waals surface area contributed by atoms with Crippen LogP contribution in [0.1, 0.15) is 41.6 Å². The number of aromatic nitrogens is 2. The first kappa shape index (κ1) is 20.9. The summed E-state index contributed by atoms with van der Waals surface area (Å²) in [4.78, 5) is 10.2. The number of benzene rings is 2. The molecule has 1 aliphatic rings. The van der Waals surface area contributed by atoms with Crippen molar-refractivity contribution < 1.29 is 13.2 Å². The summed E-state index contributed by atoms with van der Waals surface area (Å²) in [6.45, 7) is 0.381. The average Bonchev–Trinajstić information content (AvgIpc) is 3.55. The molecule has 4 aromatic rings. The maximum absolute atomic E-state index is 12.8. The molecule has 0 saturated heterocycles. The minimum Gasteiger partial charge on any atom is -0.360 e. The van der Waals surface area contributed by atoms with E-state index in [9.17, 15) is 13.2 Å². The average molecular weight is 455 g/mol. The molecule has 1 fully saturated rings. The van der Waals surface area contributed by atoms with Gasteiger partial charge in [-0.2, -0.15) is 13.2 Å². The number of nitrogens with two attached hydrogens (primary N) is 1. The highest BCUT2D eigenvalue weighted by Crippen LogP contribution is 2.47. The zero-order valence-corrected chi connectivity index (χ0v) is 17.9. The third-order valence-electron chi connectivity index (χ3n) is 5.66. The number of alkyl halides is 3. The molecule has 2 heterocycles. The molecule has 2 aromatic carbocycles. The zero-order valence-electron chi connectivity index (χ0n) is 17.1. The second kappa shape index (κ2) is 8.18. The van der Waals surface area contributed by atoms with Gasteiger partial charge in [0.05, 0.1) is 16.1 Å². The van der Waals surface area contributed by atoms with Crippen LogP contribution in [0.5, 0.6) is 0 Å². The van der Waals surface area contributed by atoms with Crippen LogP contribution in [-0.2, 0) is 6.18 Å². The summed E-state index contributed by atoms with van der Waals surface area (Å²) in [5.74, 6) is 0.480. The number of hydrogen-bond acceptors (Lipinski definition) is 5. The lowest BCUT2D eigenvalue weighted by molar-refractivity contribution is -0.137. The maximum Gasteiger partial charge on any atom is 0.416 e. The Bertz CT molecular complexity index is 1250. The molecule has 5 rings (SSSR count). The van der Waals surface area contributed by atoms with Gasteiger partial charge in [-0.05, 0) is 53.6 Å². The summed E-state index contributed by atoms with van der Waals surface area (Å²) in [7, 11) is 0. The summed E-state index contributed by atoms with van der Waals surface area (Å²) in [6, 6.07) is 12.9. The quantitative estimate of drug-likeness (QED) is 0.356. The van der Waals surface area contributed by atoms with Crippen LogP contribution in [-0.4, -0.2) is 16.5 Å². The number of pyridine rings is 1. The van der Waals surface area contributed by atoms with E-state index in [1.165, 1.54) is 12.1 Å². The van der Waals surface area contributed by atoms with Crippen molar-refractivity contribution >= 4 is 27.2 Å². The molecule has 3 N–H and O–H groups in total. The predicted octanol–water partition coefficient (Wildman–Crippen LogP) is 6.37. The van der Waals surface area contributed by atoms with Crippen molar-refractivity contribution in [2.24, 2.45) is 5.73 Å². The molecule has 0 spiro atoms. The second-order valence-electron chi connectivity index (χ2n) is 8.05. The summed E-state index contributed by atoms with van der Waals surface area (Å²) >= 11 is 1.59. The fourth-order valence-electron chi connectivity index (χ4n) is 3.71. The highest BCUT2D eigenvalue weighted by molar-refractivity contribution is 7.19. The predicted molar refractivity (Wildman–Crippen MR) is 122 cm³/mol. The second-order valence-corrected chi connectivity index (χ2v) is 9.05. The van der Waals surface area contributed by atoms with Crippen molar-refractivity contribution in [1.29, 1.82) is 0 Å². The van der Waals surface area contributed by atoms with Gasteiger partial charge in [-0.1, -0.05) is 35.6 Å². The lowest BCUT2D eigenvalue weighted by atomic mass is 10.1. The van der Waals surface area contributed by atoms with E-state index in [-0.39, 0.29) is 0 Å².